The van der Waals surface area contributed by atoms with E-state index in [1.165, 1.54) is 18.2 Å². The van der Waals surface area contributed by atoms with Crippen molar-refractivity contribution in [1.29, 1.82) is 0 Å². The molecule has 0 atom stereocenters. The average molecular weight is 444 g/mol. The predicted molar refractivity (Wildman–Crippen MR) is 106 cm³/mol. The Morgan fingerprint density at radius 1 is 1.10 bits per heavy atom. The highest BCUT2D eigenvalue weighted by Crippen LogP contribution is 2.21. The first-order valence-electron chi connectivity index (χ1n) is 9.30. The molecule has 0 saturated carbocycles. The highest BCUT2D eigenvalue weighted by atomic mass is 32.2. The molecule has 0 bridgehead atoms. The van der Waals surface area contributed by atoms with E-state index in [0.717, 1.165) is 22.0 Å². The number of hydrogen-bond donors (Lipinski definition) is 1. The number of halogens is 3. The molecule has 0 aliphatic rings. The van der Waals surface area contributed by atoms with E-state index in [0.29, 0.717) is 6.42 Å². The highest BCUT2D eigenvalue weighted by Gasteiger charge is 2.26. The Morgan fingerprint density at radius 2 is 1.73 bits per heavy atom. The summed E-state index contributed by atoms with van der Waals surface area (Å²) < 4.78 is 69.0. The number of nitrogens with zero attached hydrogens (tertiary/aromatic N) is 1. The lowest BCUT2D eigenvalue weighted by atomic mass is 10.1. The largest absolute Gasteiger partial charge is 0.435 e. The zero-order chi connectivity index (χ0) is 22.3. The van der Waals surface area contributed by atoms with Gasteiger partial charge in [-0.25, -0.2) is 12.8 Å². The van der Waals surface area contributed by atoms with Gasteiger partial charge in [-0.15, -0.1) is 0 Å². The lowest BCUT2D eigenvalue weighted by Crippen LogP contribution is -2.32. The molecule has 0 spiro atoms. The molecule has 164 valence electrons. The van der Waals surface area contributed by atoms with E-state index in [-0.39, 0.29) is 30.9 Å². The van der Waals surface area contributed by atoms with Crippen LogP contribution in [0.2, 0.25) is 0 Å². The smallest absolute Gasteiger partial charge is 0.387 e. The van der Waals surface area contributed by atoms with Crippen LogP contribution in [-0.4, -0.2) is 44.9 Å². The second-order valence-electron chi connectivity index (χ2n) is 6.26. The number of benzene rings is 2. The maximum absolute atomic E-state index is 14.2. The lowest BCUT2D eigenvalue weighted by Gasteiger charge is -2.19. The van der Waals surface area contributed by atoms with Gasteiger partial charge in [-0.3, -0.25) is 4.79 Å². The van der Waals surface area contributed by atoms with Crippen molar-refractivity contribution >= 4 is 15.9 Å². The SMILES string of the molecule is CCN(CC)S(=O)(=O)c1cc(C(=O)NCCc2ccc(OC(F)F)cc2)ccc1F. The number of carbonyl (C=O) groups excluding carboxylic acids is 1. The minimum atomic E-state index is -4.05. The van der Waals surface area contributed by atoms with Crippen molar-refractivity contribution in [3.63, 3.8) is 0 Å². The van der Waals surface area contributed by atoms with Gasteiger partial charge in [-0.1, -0.05) is 26.0 Å². The fourth-order valence-corrected chi connectivity index (χ4v) is 4.35. The number of sulfonamides is 1. The Balaban J connectivity index is 2.04. The fourth-order valence-electron chi connectivity index (χ4n) is 2.80. The molecule has 0 aliphatic carbocycles. The van der Waals surface area contributed by atoms with Crippen molar-refractivity contribution in [3.8, 4) is 5.75 Å². The van der Waals surface area contributed by atoms with Crippen molar-refractivity contribution in [2.45, 2.75) is 31.8 Å². The average Bonchev–Trinajstić information content (AvgIpc) is 2.69. The first kappa shape index (κ1) is 23.7. The predicted octanol–water partition coefficient (Wildman–Crippen LogP) is 3.43. The Morgan fingerprint density at radius 3 is 2.30 bits per heavy atom. The van der Waals surface area contributed by atoms with Gasteiger partial charge in [0.2, 0.25) is 10.0 Å². The van der Waals surface area contributed by atoms with Crippen molar-refractivity contribution in [1.82, 2.24) is 9.62 Å². The number of hydrogen-bond acceptors (Lipinski definition) is 4. The number of amides is 1. The minimum absolute atomic E-state index is 0.0165. The van der Waals surface area contributed by atoms with Gasteiger partial charge in [0.15, 0.2) is 0 Å². The van der Waals surface area contributed by atoms with Gasteiger partial charge in [-0.05, 0) is 42.3 Å². The second-order valence-corrected chi connectivity index (χ2v) is 8.17. The quantitative estimate of drug-likeness (QED) is 0.609. The Kier molecular flexibility index (Phi) is 8.24. The standard InChI is InChI=1S/C20H23F3N2O4S/c1-3-25(4-2)30(27,28)18-13-15(7-10-17(18)21)19(26)24-12-11-14-5-8-16(9-6-14)29-20(22)23/h5-10,13,20H,3-4,11-12H2,1-2H3,(H,24,26). The number of alkyl halides is 2. The number of ether oxygens (including phenoxy) is 1. The molecule has 2 aromatic rings. The maximum Gasteiger partial charge on any atom is 0.387 e. The summed E-state index contributed by atoms with van der Waals surface area (Å²) in [6.07, 6.45) is 0.409. The minimum Gasteiger partial charge on any atom is -0.435 e. The summed E-state index contributed by atoms with van der Waals surface area (Å²) in [5.74, 6) is -1.45. The molecule has 2 rings (SSSR count). The molecule has 10 heteroatoms. The third-order valence-electron chi connectivity index (χ3n) is 4.36. The summed E-state index contributed by atoms with van der Waals surface area (Å²) in [4.78, 5) is 11.8. The van der Waals surface area contributed by atoms with Gasteiger partial charge in [0, 0.05) is 25.2 Å². The second kappa shape index (κ2) is 10.4. The van der Waals surface area contributed by atoms with Crippen LogP contribution in [0.5, 0.6) is 5.75 Å². The maximum atomic E-state index is 14.2. The first-order chi connectivity index (χ1) is 14.2. The molecule has 1 N–H and O–H groups in total. The van der Waals surface area contributed by atoms with Crippen LogP contribution in [0.15, 0.2) is 47.4 Å². The first-order valence-corrected chi connectivity index (χ1v) is 10.7. The molecule has 0 radical (unpaired) electrons. The number of carbonyl (C=O) groups is 1. The summed E-state index contributed by atoms with van der Waals surface area (Å²) in [6.45, 7) is 0.944. The van der Waals surface area contributed by atoms with Gasteiger partial charge in [0.1, 0.15) is 16.5 Å². The van der Waals surface area contributed by atoms with Gasteiger partial charge < -0.3 is 10.1 Å². The molecule has 0 aromatic heterocycles. The third kappa shape index (κ3) is 5.96. The molecule has 1 amide bonds. The van der Waals surface area contributed by atoms with Crippen molar-refractivity contribution in [2.24, 2.45) is 0 Å². The van der Waals surface area contributed by atoms with Crippen LogP contribution in [0.1, 0.15) is 29.8 Å². The van der Waals surface area contributed by atoms with Crippen molar-refractivity contribution in [3.05, 3.63) is 59.4 Å². The zero-order valence-electron chi connectivity index (χ0n) is 16.6. The van der Waals surface area contributed by atoms with Gasteiger partial charge in [0.05, 0.1) is 0 Å². The summed E-state index contributed by atoms with van der Waals surface area (Å²) in [5, 5.41) is 2.63. The van der Waals surface area contributed by atoms with Gasteiger partial charge in [-0.2, -0.15) is 13.1 Å². The fraction of sp³-hybridized carbons (Fsp3) is 0.350. The normalized spacial score (nSPS) is 11.7. The third-order valence-corrected chi connectivity index (χ3v) is 6.43. The highest BCUT2D eigenvalue weighted by molar-refractivity contribution is 7.89. The van der Waals surface area contributed by atoms with Crippen LogP contribution >= 0.6 is 0 Å². The van der Waals surface area contributed by atoms with Gasteiger partial charge in [0.25, 0.3) is 5.91 Å². The summed E-state index contributed by atoms with van der Waals surface area (Å²) in [6, 6.07) is 9.17. The topological polar surface area (TPSA) is 75.7 Å². The Bertz CT molecular complexity index is 963. The van der Waals surface area contributed by atoms with Crippen LogP contribution in [0, 0.1) is 5.82 Å². The monoisotopic (exact) mass is 444 g/mol. The van der Waals surface area contributed by atoms with E-state index in [1.807, 2.05) is 0 Å². The van der Waals surface area contributed by atoms with E-state index >= 15 is 0 Å². The van der Waals surface area contributed by atoms with Gasteiger partial charge >= 0.3 is 6.61 Å². The summed E-state index contributed by atoms with van der Waals surface area (Å²) in [5.41, 5.74) is 0.795. The molecular weight excluding hydrogens is 421 g/mol. The van der Waals surface area contributed by atoms with E-state index in [4.69, 9.17) is 0 Å². The van der Waals surface area contributed by atoms with E-state index in [9.17, 15) is 26.4 Å². The molecule has 0 aliphatic heterocycles. The van der Waals surface area contributed by atoms with Crippen molar-refractivity contribution < 1.29 is 31.1 Å². The van der Waals surface area contributed by atoms with Crippen LogP contribution in [0.25, 0.3) is 0 Å². The van der Waals surface area contributed by atoms with Crippen LogP contribution in [0.4, 0.5) is 13.2 Å². The Hall–Kier alpha value is -2.59. The molecule has 30 heavy (non-hydrogen) atoms. The van der Waals surface area contributed by atoms with E-state index in [1.54, 1.807) is 26.0 Å². The number of nitrogens with one attached hydrogen (secondary N) is 1. The molecule has 0 fully saturated rings. The van der Waals surface area contributed by atoms with E-state index in [2.05, 4.69) is 10.1 Å². The molecule has 0 heterocycles. The summed E-state index contributed by atoms with van der Waals surface area (Å²) in [7, 11) is -4.05. The molecule has 0 saturated heterocycles. The van der Waals surface area contributed by atoms with Crippen LogP contribution in [0.3, 0.4) is 0 Å². The van der Waals surface area contributed by atoms with Crippen LogP contribution < -0.4 is 10.1 Å². The summed E-state index contributed by atoms with van der Waals surface area (Å²) >= 11 is 0. The number of rotatable bonds is 10. The van der Waals surface area contributed by atoms with E-state index < -0.39 is 33.3 Å². The lowest BCUT2D eigenvalue weighted by molar-refractivity contribution is -0.0498. The zero-order valence-corrected chi connectivity index (χ0v) is 17.4. The molecule has 2 aromatic carbocycles. The Labute approximate surface area is 173 Å². The molecular formula is C20H23F3N2O4S. The molecule has 0 unspecified atom stereocenters. The van der Waals surface area contributed by atoms with Crippen molar-refractivity contribution in [2.75, 3.05) is 19.6 Å². The molecule has 6 nitrogen and oxygen atoms in total. The van der Waals surface area contributed by atoms with Crippen LogP contribution in [-0.2, 0) is 16.4 Å².